The van der Waals surface area contributed by atoms with Gasteiger partial charge in [0, 0.05) is 23.5 Å². The van der Waals surface area contributed by atoms with Crippen LogP contribution < -0.4 is 0 Å². The Bertz CT molecular complexity index is 1330. The minimum Gasteiger partial charge on any atom is -0.352 e. The maximum absolute atomic E-state index is 15.2. The highest BCUT2D eigenvalue weighted by Gasteiger charge is 2.27. The van der Waals surface area contributed by atoms with Crippen molar-refractivity contribution in [3.63, 3.8) is 0 Å². The van der Waals surface area contributed by atoms with Crippen molar-refractivity contribution in [1.29, 1.82) is 0 Å². The molecule has 0 spiro atoms. The Morgan fingerprint density at radius 3 is 1.84 bits per heavy atom. The highest BCUT2D eigenvalue weighted by Crippen LogP contribution is 2.34. The van der Waals surface area contributed by atoms with E-state index in [-0.39, 0.29) is 36.2 Å². The quantitative estimate of drug-likeness (QED) is 0.0987. The van der Waals surface area contributed by atoms with Gasteiger partial charge >= 0.3 is 0 Å². The molecule has 1 heterocycles. The summed E-state index contributed by atoms with van der Waals surface area (Å²) < 4.78 is 71.8. The van der Waals surface area contributed by atoms with Crippen LogP contribution in [0, 0.1) is 23.3 Å². The first kappa shape index (κ1) is 32.9. The van der Waals surface area contributed by atoms with Crippen molar-refractivity contribution in [2.75, 3.05) is 13.2 Å². The normalized spacial score (nSPS) is 17.2. The summed E-state index contributed by atoms with van der Waals surface area (Å²) in [5.41, 5.74) is 1.76. The fraction of sp³-hybridized carbons (Fsp3) is 0.459. The van der Waals surface area contributed by atoms with Gasteiger partial charge in [-0.1, -0.05) is 113 Å². The number of benzene rings is 3. The maximum Gasteiger partial charge on any atom is 0.166 e. The number of ether oxygens (including phenoxy) is 2. The summed E-state index contributed by atoms with van der Waals surface area (Å²) in [5.74, 6) is -3.98. The van der Waals surface area contributed by atoms with Crippen LogP contribution in [0.3, 0.4) is 0 Å². The van der Waals surface area contributed by atoms with Crippen LogP contribution in [-0.2, 0) is 15.9 Å². The zero-order valence-electron chi connectivity index (χ0n) is 25.4. The van der Waals surface area contributed by atoms with Gasteiger partial charge in [-0.15, -0.1) is 0 Å². The molecule has 1 fully saturated rings. The SMILES string of the molecule is CC=CCCC1OCC(c2ccc(-c3ccc(-c4ccc(CCCCCCCCCC)c(F)c4F)cc3)c(F)c2F)CO1. The molecule has 6 heteroatoms. The van der Waals surface area contributed by atoms with E-state index < -0.39 is 29.2 Å². The number of hydrogen-bond acceptors (Lipinski definition) is 2. The molecule has 0 unspecified atom stereocenters. The Balaban J connectivity index is 1.37. The lowest BCUT2D eigenvalue weighted by Gasteiger charge is -2.30. The van der Waals surface area contributed by atoms with E-state index in [1.807, 2.05) is 19.1 Å². The Hall–Kier alpha value is -2.96. The van der Waals surface area contributed by atoms with Gasteiger partial charge in [0.05, 0.1) is 13.2 Å². The molecule has 0 bridgehead atoms. The molecule has 0 atom stereocenters. The third-order valence-corrected chi connectivity index (χ3v) is 8.29. The van der Waals surface area contributed by atoms with Crippen molar-refractivity contribution < 1.29 is 27.0 Å². The molecule has 43 heavy (non-hydrogen) atoms. The molecule has 0 amide bonds. The van der Waals surface area contributed by atoms with Gasteiger partial charge in [0.1, 0.15) is 0 Å². The third kappa shape index (κ3) is 8.79. The molecule has 0 aliphatic carbocycles. The number of aryl methyl sites for hydroxylation is 1. The Morgan fingerprint density at radius 2 is 1.23 bits per heavy atom. The van der Waals surface area contributed by atoms with E-state index in [1.165, 1.54) is 32.1 Å². The highest BCUT2D eigenvalue weighted by molar-refractivity contribution is 5.71. The van der Waals surface area contributed by atoms with Crippen molar-refractivity contribution in [3.05, 3.63) is 95.1 Å². The van der Waals surface area contributed by atoms with Crippen molar-refractivity contribution >= 4 is 0 Å². The maximum atomic E-state index is 15.2. The Labute approximate surface area is 254 Å². The molecular formula is C37H44F4O2. The van der Waals surface area contributed by atoms with Crippen molar-refractivity contribution in [2.24, 2.45) is 0 Å². The predicted molar refractivity (Wildman–Crippen MR) is 166 cm³/mol. The minimum atomic E-state index is -0.956. The van der Waals surface area contributed by atoms with E-state index in [2.05, 4.69) is 6.92 Å². The smallest absolute Gasteiger partial charge is 0.166 e. The number of unbranched alkanes of at least 4 members (excludes halogenated alkanes) is 7. The van der Waals surface area contributed by atoms with E-state index >= 15 is 13.2 Å². The summed E-state index contributed by atoms with van der Waals surface area (Å²) in [6.07, 6.45) is 14.8. The molecular weight excluding hydrogens is 552 g/mol. The average Bonchev–Trinajstić information content (AvgIpc) is 3.02. The van der Waals surface area contributed by atoms with E-state index in [0.29, 0.717) is 29.5 Å². The van der Waals surface area contributed by atoms with Crippen LogP contribution in [0.5, 0.6) is 0 Å². The van der Waals surface area contributed by atoms with E-state index in [9.17, 15) is 4.39 Å². The first-order chi connectivity index (χ1) is 20.9. The summed E-state index contributed by atoms with van der Waals surface area (Å²) in [7, 11) is 0. The third-order valence-electron chi connectivity index (χ3n) is 8.29. The van der Waals surface area contributed by atoms with Crippen molar-refractivity contribution in [1.82, 2.24) is 0 Å². The van der Waals surface area contributed by atoms with Crippen molar-refractivity contribution in [3.8, 4) is 22.3 Å². The van der Waals surface area contributed by atoms with Gasteiger partial charge in [0.25, 0.3) is 0 Å². The van der Waals surface area contributed by atoms with Crippen LogP contribution in [0.15, 0.2) is 60.7 Å². The largest absolute Gasteiger partial charge is 0.352 e. The molecule has 3 aromatic carbocycles. The Kier molecular flexibility index (Phi) is 12.8. The van der Waals surface area contributed by atoms with E-state index in [0.717, 1.165) is 25.7 Å². The lowest BCUT2D eigenvalue weighted by Crippen LogP contribution is -2.31. The molecule has 0 saturated carbocycles. The van der Waals surface area contributed by atoms with Gasteiger partial charge in [-0.2, -0.15) is 0 Å². The van der Waals surface area contributed by atoms with Crippen molar-refractivity contribution in [2.45, 2.75) is 96.7 Å². The first-order valence-corrected chi connectivity index (χ1v) is 15.8. The van der Waals surface area contributed by atoms with Crippen LogP contribution >= 0.6 is 0 Å². The molecule has 2 nitrogen and oxygen atoms in total. The lowest BCUT2D eigenvalue weighted by molar-refractivity contribution is -0.189. The van der Waals surface area contributed by atoms with Crippen LogP contribution in [0.1, 0.15) is 95.1 Å². The standard InChI is InChI=1S/C37H44F4O2/c1-3-5-7-8-9-10-11-13-14-28-20-21-30(35(39)34(28)38)26-16-18-27(19-17-26)31-22-23-32(37(41)36(31)40)29-24-42-33(43-25-29)15-12-6-4-2/h4,6,16-23,29,33H,3,5,7-15,24-25H2,1-2H3. The van der Waals surface area contributed by atoms with E-state index in [4.69, 9.17) is 9.47 Å². The number of halogens is 4. The Morgan fingerprint density at radius 1 is 0.674 bits per heavy atom. The monoisotopic (exact) mass is 596 g/mol. The molecule has 1 aliphatic heterocycles. The van der Waals surface area contributed by atoms with Crippen LogP contribution in [0.25, 0.3) is 22.3 Å². The molecule has 4 rings (SSSR count). The van der Waals surface area contributed by atoms with Gasteiger partial charge in [-0.05, 0) is 48.4 Å². The topological polar surface area (TPSA) is 18.5 Å². The van der Waals surface area contributed by atoms with Gasteiger partial charge < -0.3 is 9.47 Å². The highest BCUT2D eigenvalue weighted by atomic mass is 19.2. The fourth-order valence-electron chi connectivity index (χ4n) is 5.68. The van der Waals surface area contributed by atoms with E-state index in [1.54, 1.807) is 48.5 Å². The first-order valence-electron chi connectivity index (χ1n) is 15.8. The van der Waals surface area contributed by atoms with Crippen LogP contribution in [0.2, 0.25) is 0 Å². The molecule has 232 valence electrons. The van der Waals surface area contributed by atoms with Gasteiger partial charge in [0.2, 0.25) is 0 Å². The number of rotatable bonds is 15. The lowest BCUT2D eigenvalue weighted by atomic mass is 9.94. The molecule has 0 N–H and O–H groups in total. The predicted octanol–water partition coefficient (Wildman–Crippen LogP) is 11.1. The number of allylic oxidation sites excluding steroid dienone is 2. The number of hydrogen-bond donors (Lipinski definition) is 0. The fourth-order valence-corrected chi connectivity index (χ4v) is 5.68. The summed E-state index contributed by atoms with van der Waals surface area (Å²) in [4.78, 5) is 0. The average molecular weight is 597 g/mol. The molecule has 1 saturated heterocycles. The summed E-state index contributed by atoms with van der Waals surface area (Å²) >= 11 is 0. The van der Waals surface area contributed by atoms with Crippen LogP contribution in [-0.4, -0.2) is 19.5 Å². The summed E-state index contributed by atoms with van der Waals surface area (Å²) in [6, 6.07) is 12.8. The second kappa shape index (κ2) is 16.8. The second-order valence-corrected chi connectivity index (χ2v) is 11.5. The summed E-state index contributed by atoms with van der Waals surface area (Å²) in [6.45, 7) is 4.66. The van der Waals surface area contributed by atoms with Gasteiger partial charge in [0.15, 0.2) is 29.6 Å². The van der Waals surface area contributed by atoms with Gasteiger partial charge in [-0.3, -0.25) is 0 Å². The van der Waals surface area contributed by atoms with Gasteiger partial charge in [-0.25, -0.2) is 17.6 Å². The zero-order chi connectivity index (χ0) is 30.6. The molecule has 1 aliphatic rings. The second-order valence-electron chi connectivity index (χ2n) is 11.5. The summed E-state index contributed by atoms with van der Waals surface area (Å²) in [5, 5.41) is 0. The van der Waals surface area contributed by atoms with Crippen LogP contribution in [0.4, 0.5) is 17.6 Å². The molecule has 3 aromatic rings. The zero-order valence-corrected chi connectivity index (χ0v) is 25.4. The molecule has 0 aromatic heterocycles. The molecule has 0 radical (unpaired) electrons. The minimum absolute atomic E-state index is 0.0991.